The minimum absolute atomic E-state index is 0.0388. The zero-order chi connectivity index (χ0) is 28.9. The highest BCUT2D eigenvalue weighted by Crippen LogP contribution is 2.33. The van der Waals surface area contributed by atoms with Crippen molar-refractivity contribution in [2.45, 2.75) is 32.0 Å². The number of para-hydroxylation sites is 1. The average Bonchev–Trinajstić information content (AvgIpc) is 3.39. The Morgan fingerprint density at radius 1 is 0.786 bits per heavy atom. The van der Waals surface area contributed by atoms with Crippen LogP contribution in [0.1, 0.15) is 27.2 Å². The second-order valence-corrected chi connectivity index (χ2v) is 11.1. The molecule has 1 aliphatic rings. The van der Waals surface area contributed by atoms with E-state index >= 15 is 0 Å². The summed E-state index contributed by atoms with van der Waals surface area (Å²) in [7, 11) is 0. The van der Waals surface area contributed by atoms with Gasteiger partial charge >= 0.3 is 0 Å². The first-order valence-corrected chi connectivity index (χ1v) is 14.7. The molecule has 5 heteroatoms. The number of rotatable bonds is 8. The predicted octanol–water partition coefficient (Wildman–Crippen LogP) is 6.38. The van der Waals surface area contributed by atoms with E-state index in [2.05, 4.69) is 64.9 Å². The van der Waals surface area contributed by atoms with Crippen molar-refractivity contribution in [3.8, 4) is 16.9 Å². The minimum atomic E-state index is -0.701. The number of carbonyl (C=O) groups excluding carboxylic acids is 1. The highest BCUT2D eigenvalue weighted by molar-refractivity contribution is 6.01. The van der Waals surface area contributed by atoms with Crippen LogP contribution in [0.15, 0.2) is 127 Å². The monoisotopic (exact) mass is 555 g/mol. The summed E-state index contributed by atoms with van der Waals surface area (Å²) in [5.74, 6) is -0.0388. The topological polar surface area (TPSA) is 48.7 Å². The average molecular weight is 556 g/mol. The highest BCUT2D eigenvalue weighted by Gasteiger charge is 2.37. The summed E-state index contributed by atoms with van der Waals surface area (Å²) in [6, 6.07) is 42.4. The van der Waals surface area contributed by atoms with Crippen molar-refractivity contribution in [1.82, 2.24) is 14.4 Å². The molecular weight excluding hydrogens is 518 g/mol. The summed E-state index contributed by atoms with van der Waals surface area (Å²) in [6.07, 6.45) is -0.211. The third kappa shape index (κ3) is 5.94. The van der Waals surface area contributed by atoms with Crippen LogP contribution in [0.4, 0.5) is 0 Å². The van der Waals surface area contributed by atoms with Gasteiger partial charge in [0.25, 0.3) is 5.91 Å². The lowest BCUT2D eigenvalue weighted by Crippen LogP contribution is -2.59. The molecular formula is C37H37N3O2. The van der Waals surface area contributed by atoms with Crippen LogP contribution < -0.4 is 0 Å². The van der Waals surface area contributed by atoms with Crippen LogP contribution in [-0.2, 0) is 13.0 Å². The number of hydrogen-bond donors (Lipinski definition) is 1. The fraction of sp³-hybridized carbons (Fsp3) is 0.216. The Morgan fingerprint density at radius 3 is 2.00 bits per heavy atom. The Morgan fingerprint density at radius 2 is 1.36 bits per heavy atom. The molecule has 5 nitrogen and oxygen atoms in total. The second-order valence-electron chi connectivity index (χ2n) is 11.1. The van der Waals surface area contributed by atoms with E-state index in [9.17, 15) is 9.90 Å². The maximum Gasteiger partial charge on any atom is 0.256 e. The molecule has 2 atom stereocenters. The van der Waals surface area contributed by atoms with Gasteiger partial charge in [-0.1, -0.05) is 109 Å². The molecule has 42 heavy (non-hydrogen) atoms. The molecule has 1 fully saturated rings. The standard InChI is InChI=1S/C37H37N3O2/c1-28-24-33(36(31-18-10-4-11-19-31)40(28)32-20-12-5-13-21-32)37(42)39-23-22-38(26-30-16-8-3-9-17-30)27-34(39)35(41)25-29-14-6-2-7-15-29/h2-21,24,34-35,41H,22-23,25-27H2,1H3/t34-,35-/m0/s1. The van der Waals surface area contributed by atoms with E-state index in [-0.39, 0.29) is 11.9 Å². The molecule has 1 aromatic heterocycles. The normalized spacial score (nSPS) is 16.3. The number of aromatic nitrogens is 1. The lowest BCUT2D eigenvalue weighted by Gasteiger charge is -2.43. The van der Waals surface area contributed by atoms with E-state index in [0.29, 0.717) is 25.1 Å². The third-order valence-corrected chi connectivity index (χ3v) is 8.22. The van der Waals surface area contributed by atoms with E-state index in [1.807, 2.05) is 83.8 Å². The molecule has 0 bridgehead atoms. The number of piperazine rings is 1. The number of aliphatic hydroxyl groups is 1. The van der Waals surface area contributed by atoms with Gasteiger partial charge in [-0.25, -0.2) is 0 Å². The van der Waals surface area contributed by atoms with Crippen LogP contribution in [0.2, 0.25) is 0 Å². The van der Waals surface area contributed by atoms with E-state index in [4.69, 9.17) is 0 Å². The molecule has 5 aromatic rings. The number of nitrogens with zero attached hydrogens (tertiary/aromatic N) is 3. The quantitative estimate of drug-likeness (QED) is 0.242. The molecule has 0 radical (unpaired) electrons. The Balaban J connectivity index is 1.37. The summed E-state index contributed by atoms with van der Waals surface area (Å²) >= 11 is 0. The van der Waals surface area contributed by atoms with Gasteiger partial charge in [-0.2, -0.15) is 0 Å². The van der Waals surface area contributed by atoms with Crippen LogP contribution in [-0.4, -0.2) is 57.2 Å². The van der Waals surface area contributed by atoms with Crippen molar-refractivity contribution in [1.29, 1.82) is 0 Å². The zero-order valence-corrected chi connectivity index (χ0v) is 24.0. The fourth-order valence-electron chi connectivity index (χ4n) is 6.17. The van der Waals surface area contributed by atoms with E-state index in [1.54, 1.807) is 0 Å². The highest BCUT2D eigenvalue weighted by atomic mass is 16.3. The first kappa shape index (κ1) is 27.7. The molecule has 1 aliphatic heterocycles. The Bertz CT molecular complexity index is 1600. The van der Waals surface area contributed by atoms with Gasteiger partial charge in [-0.15, -0.1) is 0 Å². The second kappa shape index (κ2) is 12.6. The van der Waals surface area contributed by atoms with Gasteiger partial charge in [-0.3, -0.25) is 9.69 Å². The summed E-state index contributed by atoms with van der Waals surface area (Å²) in [4.78, 5) is 18.9. The largest absolute Gasteiger partial charge is 0.391 e. The van der Waals surface area contributed by atoms with E-state index < -0.39 is 6.10 Å². The fourth-order valence-corrected chi connectivity index (χ4v) is 6.17. The molecule has 6 rings (SSSR count). The molecule has 1 saturated heterocycles. The van der Waals surface area contributed by atoms with Crippen molar-refractivity contribution in [3.63, 3.8) is 0 Å². The molecule has 1 amide bonds. The molecule has 4 aromatic carbocycles. The van der Waals surface area contributed by atoms with Crippen LogP contribution in [0, 0.1) is 6.92 Å². The Hall–Kier alpha value is -4.45. The molecule has 0 spiro atoms. The Kier molecular flexibility index (Phi) is 8.31. The lowest BCUT2D eigenvalue weighted by molar-refractivity contribution is -0.00282. The number of benzene rings is 4. The van der Waals surface area contributed by atoms with Gasteiger partial charge in [0.1, 0.15) is 0 Å². The number of carbonyl (C=O) groups is 1. The van der Waals surface area contributed by atoms with Gasteiger partial charge in [0, 0.05) is 44.0 Å². The smallest absolute Gasteiger partial charge is 0.256 e. The summed E-state index contributed by atoms with van der Waals surface area (Å²) < 4.78 is 2.17. The van der Waals surface area contributed by atoms with Crippen molar-refractivity contribution < 1.29 is 9.90 Å². The number of hydrogen-bond acceptors (Lipinski definition) is 3. The molecule has 0 saturated carbocycles. The first-order valence-electron chi connectivity index (χ1n) is 14.7. The van der Waals surface area contributed by atoms with Crippen LogP contribution in [0.25, 0.3) is 16.9 Å². The minimum Gasteiger partial charge on any atom is -0.391 e. The predicted molar refractivity (Wildman–Crippen MR) is 169 cm³/mol. The first-order chi connectivity index (χ1) is 20.6. The number of amides is 1. The van der Waals surface area contributed by atoms with Gasteiger partial charge < -0.3 is 14.6 Å². The van der Waals surface area contributed by atoms with Crippen molar-refractivity contribution in [2.24, 2.45) is 0 Å². The lowest BCUT2D eigenvalue weighted by atomic mass is 9.97. The molecule has 1 N–H and O–H groups in total. The van der Waals surface area contributed by atoms with Crippen molar-refractivity contribution in [3.05, 3.63) is 150 Å². The maximum atomic E-state index is 14.6. The molecule has 0 aliphatic carbocycles. The summed E-state index contributed by atoms with van der Waals surface area (Å²) in [5.41, 5.74) is 6.84. The SMILES string of the molecule is Cc1cc(C(=O)N2CCN(Cc3ccccc3)C[C@H]2[C@@H](O)Cc2ccccc2)c(-c2ccccc2)n1-c1ccccc1. The van der Waals surface area contributed by atoms with Crippen LogP contribution in [0.5, 0.6) is 0 Å². The van der Waals surface area contributed by atoms with E-state index in [0.717, 1.165) is 41.3 Å². The molecule has 0 unspecified atom stereocenters. The van der Waals surface area contributed by atoms with Gasteiger partial charge in [-0.05, 0) is 41.8 Å². The summed E-state index contributed by atoms with van der Waals surface area (Å²) in [5, 5.41) is 11.7. The third-order valence-electron chi connectivity index (χ3n) is 8.22. The Labute approximate surface area is 248 Å². The zero-order valence-electron chi connectivity index (χ0n) is 24.0. The van der Waals surface area contributed by atoms with E-state index in [1.165, 1.54) is 5.56 Å². The molecule has 212 valence electrons. The van der Waals surface area contributed by atoms with Gasteiger partial charge in [0.15, 0.2) is 0 Å². The molecule has 2 heterocycles. The van der Waals surface area contributed by atoms with Crippen molar-refractivity contribution in [2.75, 3.05) is 19.6 Å². The van der Waals surface area contributed by atoms with Crippen molar-refractivity contribution >= 4 is 5.91 Å². The van der Waals surface area contributed by atoms with Crippen LogP contribution >= 0.6 is 0 Å². The van der Waals surface area contributed by atoms with Gasteiger partial charge in [0.2, 0.25) is 0 Å². The van der Waals surface area contributed by atoms with Crippen LogP contribution in [0.3, 0.4) is 0 Å². The number of aryl methyl sites for hydroxylation is 1. The summed E-state index contributed by atoms with van der Waals surface area (Å²) in [6.45, 7) is 4.74. The maximum absolute atomic E-state index is 14.6. The van der Waals surface area contributed by atoms with Gasteiger partial charge in [0.05, 0.1) is 23.4 Å². The number of aliphatic hydroxyl groups excluding tert-OH is 1.